The van der Waals surface area contributed by atoms with Crippen LogP contribution in [0.15, 0.2) is 24.3 Å². The van der Waals surface area contributed by atoms with Gasteiger partial charge in [0.1, 0.15) is 11.3 Å². The van der Waals surface area contributed by atoms with Crippen molar-refractivity contribution < 1.29 is 45.6 Å². The Morgan fingerprint density at radius 1 is 0.865 bits per heavy atom. The van der Waals surface area contributed by atoms with Crippen molar-refractivity contribution in [3.8, 4) is 51.4 Å². The number of phenols is 7. The minimum Gasteiger partial charge on any atom is -0.506 e. The van der Waals surface area contributed by atoms with Gasteiger partial charge in [0.05, 0.1) is 10.6 Å². The van der Waals surface area contributed by atoms with E-state index in [0.717, 1.165) is 0 Å². The molecule has 0 saturated heterocycles. The van der Waals surface area contributed by atoms with E-state index in [-0.39, 0.29) is 33.7 Å². The molecule has 1 aliphatic carbocycles. The molecule has 0 radical (unpaired) electrons. The molecule has 1 aliphatic rings. The maximum Gasteiger partial charge on any atom is 0.343 e. The van der Waals surface area contributed by atoms with E-state index in [1.54, 1.807) is 12.1 Å². The first-order chi connectivity index (χ1) is 17.5. The van der Waals surface area contributed by atoms with Gasteiger partial charge < -0.3 is 51.5 Å². The number of hydrogen-bond donors (Lipinski definition) is 10. The summed E-state index contributed by atoms with van der Waals surface area (Å²) in [4.78, 5) is 11.4. The molecule has 37 heavy (non-hydrogen) atoms. The molecule has 196 valence electrons. The number of benzene rings is 3. The number of rotatable bonds is 8. The van der Waals surface area contributed by atoms with Crippen molar-refractivity contribution in [2.75, 3.05) is 25.0 Å². The van der Waals surface area contributed by atoms with E-state index >= 15 is 0 Å². The Morgan fingerprint density at radius 2 is 1.54 bits per heavy atom. The van der Waals surface area contributed by atoms with Crippen LogP contribution in [0.25, 0.3) is 11.1 Å². The number of fused-ring (bicyclic) bond motifs is 1. The lowest BCUT2D eigenvalue weighted by molar-refractivity contribution is 0.0689. The highest BCUT2D eigenvalue weighted by Gasteiger charge is 2.41. The third kappa shape index (κ3) is 4.21. The van der Waals surface area contributed by atoms with Crippen molar-refractivity contribution in [1.82, 2.24) is 5.32 Å². The summed E-state index contributed by atoms with van der Waals surface area (Å²) >= 11 is 6.10. The van der Waals surface area contributed by atoms with Crippen LogP contribution in [0.3, 0.4) is 0 Å². The first kappa shape index (κ1) is 25.9. The lowest BCUT2D eigenvalue weighted by atomic mass is 9.68. The predicted octanol–water partition coefficient (Wildman–Crippen LogP) is 3.55. The topological polar surface area (TPSA) is 203 Å². The van der Waals surface area contributed by atoms with Crippen LogP contribution >= 0.6 is 11.6 Å². The zero-order valence-electron chi connectivity index (χ0n) is 19.4. The van der Waals surface area contributed by atoms with Gasteiger partial charge in [-0.1, -0.05) is 30.7 Å². The van der Waals surface area contributed by atoms with Crippen LogP contribution in [0.5, 0.6) is 40.2 Å². The molecule has 2 atom stereocenters. The summed E-state index contributed by atoms with van der Waals surface area (Å²) < 4.78 is 0. The van der Waals surface area contributed by atoms with E-state index in [1.165, 1.54) is 12.1 Å². The molecule has 12 heteroatoms. The fraction of sp³-hybridized carbons (Fsp3) is 0.240. The Balaban J connectivity index is 1.42. The molecule has 0 heterocycles. The number of halogens is 1. The van der Waals surface area contributed by atoms with Crippen molar-refractivity contribution in [3.63, 3.8) is 0 Å². The highest BCUT2D eigenvalue weighted by atomic mass is 35.5. The van der Waals surface area contributed by atoms with Gasteiger partial charge in [-0.05, 0) is 29.2 Å². The number of carboxylic acids is 1. The summed E-state index contributed by atoms with van der Waals surface area (Å²) in [5.74, 6) is -7.37. The average Bonchev–Trinajstić information content (AvgIpc) is 2.85. The number of aromatic carboxylic acids is 1. The number of carbonyl (C=O) groups is 1. The van der Waals surface area contributed by atoms with Gasteiger partial charge in [-0.2, -0.15) is 0 Å². The molecule has 0 fully saturated rings. The molecule has 0 spiro atoms. The minimum atomic E-state index is -1.68. The fourth-order valence-electron chi connectivity index (χ4n) is 4.68. The van der Waals surface area contributed by atoms with E-state index in [1.807, 2.05) is 6.92 Å². The fourth-order valence-corrected chi connectivity index (χ4v) is 5.05. The molecule has 0 bridgehead atoms. The van der Waals surface area contributed by atoms with Gasteiger partial charge in [0, 0.05) is 36.8 Å². The molecule has 3 aromatic rings. The van der Waals surface area contributed by atoms with Crippen LogP contribution in [-0.2, 0) is 0 Å². The monoisotopic (exact) mass is 532 g/mol. The van der Waals surface area contributed by atoms with Gasteiger partial charge in [0.25, 0.3) is 0 Å². The highest BCUT2D eigenvalue weighted by molar-refractivity contribution is 6.33. The maximum atomic E-state index is 11.4. The standard InChI is InChI=1S/C25H25ClN2O9/c1-9-12(15-13(9)17(26)22(33)24(35)20(15)31)8-27-5-6-28-11-4-2-3-10(7-11)14-18(29)16(25(36)37)21(32)23(34)19(14)30/h2-4,7,9,12,27-35H,5-6,8H2,1H3,(H,36,37). The lowest BCUT2D eigenvalue weighted by Gasteiger charge is -2.39. The number of hydrogen-bond acceptors (Lipinski definition) is 10. The van der Waals surface area contributed by atoms with Crippen LogP contribution in [0.4, 0.5) is 5.69 Å². The van der Waals surface area contributed by atoms with Gasteiger partial charge in [-0.25, -0.2) is 4.79 Å². The Labute approximate surface area is 215 Å². The second-order valence-corrected chi connectivity index (χ2v) is 9.12. The number of nitrogens with one attached hydrogen (secondary N) is 2. The summed E-state index contributed by atoms with van der Waals surface area (Å²) in [6, 6.07) is 6.31. The summed E-state index contributed by atoms with van der Waals surface area (Å²) in [7, 11) is 0. The van der Waals surface area contributed by atoms with Gasteiger partial charge >= 0.3 is 5.97 Å². The number of phenolic OH excluding ortho intramolecular Hbond substituents is 5. The second-order valence-electron chi connectivity index (χ2n) is 8.74. The van der Waals surface area contributed by atoms with E-state index < -0.39 is 46.0 Å². The summed E-state index contributed by atoms with van der Waals surface area (Å²) in [6.07, 6.45) is 0. The van der Waals surface area contributed by atoms with Crippen LogP contribution < -0.4 is 10.6 Å². The normalized spacial score (nSPS) is 16.2. The second kappa shape index (κ2) is 9.68. The number of aromatic hydroxyl groups is 7. The zero-order valence-corrected chi connectivity index (χ0v) is 20.2. The molecule has 2 unspecified atom stereocenters. The molecule has 0 saturated carbocycles. The molecule has 3 aromatic carbocycles. The minimum absolute atomic E-state index is 0.0325. The first-order valence-electron chi connectivity index (χ1n) is 11.2. The smallest absolute Gasteiger partial charge is 0.343 e. The van der Waals surface area contributed by atoms with Crippen molar-refractivity contribution in [1.29, 1.82) is 0 Å². The molecule has 4 rings (SSSR count). The number of carboxylic acid groups (broad SMARTS) is 1. The molecule has 10 N–H and O–H groups in total. The Bertz CT molecular complexity index is 1410. The highest BCUT2D eigenvalue weighted by Crippen LogP contribution is 2.59. The Morgan fingerprint density at radius 3 is 2.22 bits per heavy atom. The Hall–Kier alpha value is -4.22. The summed E-state index contributed by atoms with van der Waals surface area (Å²) in [5.41, 5.74) is 0.582. The predicted molar refractivity (Wildman–Crippen MR) is 134 cm³/mol. The molecular weight excluding hydrogens is 508 g/mol. The van der Waals surface area contributed by atoms with Gasteiger partial charge in [0.15, 0.2) is 23.0 Å². The lowest BCUT2D eigenvalue weighted by Crippen LogP contribution is -2.34. The van der Waals surface area contributed by atoms with Gasteiger partial charge in [-0.3, -0.25) is 0 Å². The van der Waals surface area contributed by atoms with Crippen molar-refractivity contribution in [2.45, 2.75) is 18.8 Å². The van der Waals surface area contributed by atoms with Crippen molar-refractivity contribution >= 4 is 23.3 Å². The zero-order chi connectivity index (χ0) is 27.2. The average molecular weight is 533 g/mol. The largest absolute Gasteiger partial charge is 0.506 e. The molecule has 11 nitrogen and oxygen atoms in total. The first-order valence-corrected chi connectivity index (χ1v) is 11.6. The summed E-state index contributed by atoms with van der Waals surface area (Å²) in [6.45, 7) is 3.30. The molecule has 0 aliphatic heterocycles. The third-order valence-corrected chi connectivity index (χ3v) is 7.01. The van der Waals surface area contributed by atoms with Crippen LogP contribution in [-0.4, -0.2) is 66.5 Å². The van der Waals surface area contributed by atoms with Crippen LogP contribution in [0.1, 0.15) is 40.2 Å². The van der Waals surface area contributed by atoms with E-state index in [9.17, 15) is 45.6 Å². The van der Waals surface area contributed by atoms with E-state index in [2.05, 4.69) is 10.6 Å². The maximum absolute atomic E-state index is 11.4. The van der Waals surface area contributed by atoms with Gasteiger partial charge in [0.2, 0.25) is 11.5 Å². The van der Waals surface area contributed by atoms with E-state index in [0.29, 0.717) is 36.4 Å². The quantitative estimate of drug-likeness (QED) is 0.115. The number of anilines is 1. The van der Waals surface area contributed by atoms with Crippen LogP contribution in [0, 0.1) is 0 Å². The third-order valence-electron chi connectivity index (χ3n) is 6.62. The van der Waals surface area contributed by atoms with Crippen molar-refractivity contribution in [3.05, 3.63) is 46.0 Å². The van der Waals surface area contributed by atoms with Gasteiger partial charge in [-0.15, -0.1) is 0 Å². The molecular formula is C25H25ClN2O9. The van der Waals surface area contributed by atoms with Crippen molar-refractivity contribution in [2.24, 2.45) is 0 Å². The summed E-state index contributed by atoms with van der Waals surface area (Å²) in [5, 5.41) is 85.9. The molecule has 0 amide bonds. The van der Waals surface area contributed by atoms with Crippen LogP contribution in [0.2, 0.25) is 5.02 Å². The molecule has 0 aromatic heterocycles. The SMILES string of the molecule is CC1c2c(Cl)c(O)c(O)c(O)c2C1CNCCNc1cccc(-c2c(O)c(O)c(O)c(C(=O)O)c2O)c1. The van der Waals surface area contributed by atoms with E-state index in [4.69, 9.17) is 11.6 Å². The Kier molecular flexibility index (Phi) is 6.76.